The van der Waals surface area contributed by atoms with Crippen molar-refractivity contribution in [2.75, 3.05) is 0 Å². The number of hydrogen-bond acceptors (Lipinski definition) is 2. The molecule has 0 spiro atoms. The van der Waals surface area contributed by atoms with E-state index in [9.17, 15) is 5.26 Å². The fourth-order valence-corrected chi connectivity index (χ4v) is 2.69. The third kappa shape index (κ3) is 3.04. The van der Waals surface area contributed by atoms with Crippen LogP contribution in [0.25, 0.3) is 0 Å². The Labute approximate surface area is 114 Å². The molecule has 1 aromatic carbocycles. The van der Waals surface area contributed by atoms with Crippen molar-refractivity contribution < 1.29 is 0 Å². The third-order valence-corrected chi connectivity index (χ3v) is 4.29. The first-order chi connectivity index (χ1) is 8.65. The largest absolute Gasteiger partial charge is 0.295 e. The quantitative estimate of drug-likeness (QED) is 0.897. The molecule has 0 amide bonds. The van der Waals surface area contributed by atoms with E-state index in [0.717, 1.165) is 42.2 Å². The van der Waals surface area contributed by atoms with Gasteiger partial charge in [-0.15, -0.1) is 0 Å². The molecule has 0 heterocycles. The Hall–Kier alpha value is -1.04. The van der Waals surface area contributed by atoms with Gasteiger partial charge in [-0.25, -0.2) is 0 Å². The summed E-state index contributed by atoms with van der Waals surface area (Å²) in [5, 5.41) is 13.6. The van der Waals surface area contributed by atoms with Crippen molar-refractivity contribution in [1.82, 2.24) is 5.32 Å². The van der Waals surface area contributed by atoms with Gasteiger partial charge in [-0.1, -0.05) is 36.7 Å². The van der Waals surface area contributed by atoms with E-state index >= 15 is 0 Å². The Balaban J connectivity index is 2.00. The van der Waals surface area contributed by atoms with Gasteiger partial charge < -0.3 is 0 Å². The molecule has 1 N–H and O–H groups in total. The Morgan fingerprint density at radius 1 is 1.39 bits per heavy atom. The highest BCUT2D eigenvalue weighted by molar-refractivity contribution is 6.31. The van der Waals surface area contributed by atoms with E-state index in [1.165, 1.54) is 0 Å². The molecule has 0 radical (unpaired) electrons. The maximum absolute atomic E-state index is 9.43. The van der Waals surface area contributed by atoms with Crippen LogP contribution in [0.15, 0.2) is 24.3 Å². The number of nitriles is 1. The van der Waals surface area contributed by atoms with Gasteiger partial charge in [0.15, 0.2) is 0 Å². The minimum Gasteiger partial charge on any atom is -0.295 e. The zero-order chi connectivity index (χ0) is 13.0. The monoisotopic (exact) mass is 262 g/mol. The average molecular weight is 263 g/mol. The van der Waals surface area contributed by atoms with Crippen molar-refractivity contribution in [3.05, 3.63) is 34.9 Å². The molecule has 0 aromatic heterocycles. The molecule has 2 rings (SSSR count). The van der Waals surface area contributed by atoms with Gasteiger partial charge in [0.1, 0.15) is 5.54 Å². The first-order valence-electron chi connectivity index (χ1n) is 6.55. The summed E-state index contributed by atoms with van der Waals surface area (Å²) in [7, 11) is 0. The molecule has 0 atom stereocenters. The number of benzene rings is 1. The van der Waals surface area contributed by atoms with Crippen LogP contribution in [0.1, 0.15) is 38.2 Å². The molecule has 1 aliphatic rings. The van der Waals surface area contributed by atoms with Gasteiger partial charge in [0, 0.05) is 11.6 Å². The zero-order valence-electron chi connectivity index (χ0n) is 10.7. The fourth-order valence-electron chi connectivity index (χ4n) is 2.49. The first kappa shape index (κ1) is 13.4. The third-order valence-electron chi connectivity index (χ3n) is 3.92. The average Bonchev–Trinajstić information content (AvgIpc) is 2.40. The van der Waals surface area contributed by atoms with Crippen LogP contribution >= 0.6 is 11.6 Å². The van der Waals surface area contributed by atoms with Crippen LogP contribution in [0.4, 0.5) is 0 Å². The number of rotatable bonds is 3. The van der Waals surface area contributed by atoms with Crippen LogP contribution in [-0.2, 0) is 6.54 Å². The van der Waals surface area contributed by atoms with E-state index in [1.54, 1.807) is 0 Å². The van der Waals surface area contributed by atoms with Gasteiger partial charge in [0.2, 0.25) is 0 Å². The molecular weight excluding hydrogens is 244 g/mol. The second-order valence-corrected chi connectivity index (χ2v) is 5.73. The molecular formula is C15H19ClN2. The molecule has 1 aliphatic carbocycles. The Kier molecular flexibility index (Phi) is 4.27. The van der Waals surface area contributed by atoms with Gasteiger partial charge in [0.05, 0.1) is 6.07 Å². The summed E-state index contributed by atoms with van der Waals surface area (Å²) >= 11 is 6.13. The Bertz CT molecular complexity index is 442. The van der Waals surface area contributed by atoms with Crippen LogP contribution in [-0.4, -0.2) is 5.54 Å². The maximum Gasteiger partial charge on any atom is 0.107 e. The molecule has 96 valence electrons. The van der Waals surface area contributed by atoms with Crippen molar-refractivity contribution >= 4 is 11.6 Å². The highest BCUT2D eigenvalue weighted by Gasteiger charge is 2.33. The lowest BCUT2D eigenvalue weighted by Gasteiger charge is -2.34. The van der Waals surface area contributed by atoms with Crippen LogP contribution in [0.5, 0.6) is 0 Å². The molecule has 0 aliphatic heterocycles. The van der Waals surface area contributed by atoms with Crippen molar-refractivity contribution in [3.8, 4) is 6.07 Å². The molecule has 1 aromatic rings. The summed E-state index contributed by atoms with van der Waals surface area (Å²) < 4.78 is 0. The lowest BCUT2D eigenvalue weighted by Crippen LogP contribution is -2.46. The lowest BCUT2D eigenvalue weighted by atomic mass is 9.78. The van der Waals surface area contributed by atoms with Gasteiger partial charge in [-0.2, -0.15) is 5.26 Å². The van der Waals surface area contributed by atoms with E-state index in [2.05, 4.69) is 18.3 Å². The van der Waals surface area contributed by atoms with E-state index in [0.29, 0.717) is 6.54 Å². The van der Waals surface area contributed by atoms with Crippen molar-refractivity contribution in [3.63, 3.8) is 0 Å². The topological polar surface area (TPSA) is 35.8 Å². The zero-order valence-corrected chi connectivity index (χ0v) is 11.5. The lowest BCUT2D eigenvalue weighted by molar-refractivity contribution is 0.248. The summed E-state index contributed by atoms with van der Waals surface area (Å²) in [5.41, 5.74) is 0.707. The summed E-state index contributed by atoms with van der Waals surface area (Å²) in [5.74, 6) is 0.744. The highest BCUT2D eigenvalue weighted by Crippen LogP contribution is 2.32. The molecule has 0 saturated heterocycles. The highest BCUT2D eigenvalue weighted by atomic mass is 35.5. The fraction of sp³-hybridized carbons (Fsp3) is 0.533. The maximum atomic E-state index is 9.43. The molecule has 0 unspecified atom stereocenters. The number of nitrogens with one attached hydrogen (secondary N) is 1. The summed E-state index contributed by atoms with van der Waals surface area (Å²) in [6, 6.07) is 10.3. The Morgan fingerprint density at radius 3 is 2.67 bits per heavy atom. The van der Waals surface area contributed by atoms with Crippen molar-refractivity contribution in [2.24, 2.45) is 5.92 Å². The predicted octanol–water partition coefficient (Wildman–Crippen LogP) is 3.90. The number of hydrogen-bond donors (Lipinski definition) is 1. The van der Waals surface area contributed by atoms with E-state index in [-0.39, 0.29) is 5.54 Å². The SMILES string of the molecule is CC1CCC(C#N)(NCc2ccccc2Cl)CC1. The molecule has 3 heteroatoms. The van der Waals surface area contributed by atoms with Crippen molar-refractivity contribution in [2.45, 2.75) is 44.7 Å². The van der Waals surface area contributed by atoms with Crippen molar-refractivity contribution in [1.29, 1.82) is 5.26 Å². The molecule has 1 saturated carbocycles. The standard InChI is InChI=1S/C15H19ClN2/c1-12-6-8-15(11-17,9-7-12)18-10-13-4-2-3-5-14(13)16/h2-5,12,18H,6-10H2,1H3. The minimum atomic E-state index is -0.355. The second-order valence-electron chi connectivity index (χ2n) is 5.32. The van der Waals surface area contributed by atoms with Gasteiger partial charge >= 0.3 is 0 Å². The molecule has 1 fully saturated rings. The second kappa shape index (κ2) is 5.73. The van der Waals surface area contributed by atoms with Crippen LogP contribution < -0.4 is 5.32 Å². The molecule has 18 heavy (non-hydrogen) atoms. The van der Waals surface area contributed by atoms with E-state index < -0.39 is 0 Å². The van der Waals surface area contributed by atoms with Gasteiger partial charge in [-0.3, -0.25) is 5.32 Å². The molecule has 0 bridgehead atoms. The van der Waals surface area contributed by atoms with Crippen LogP contribution in [0.2, 0.25) is 5.02 Å². The van der Waals surface area contributed by atoms with Gasteiger partial charge in [-0.05, 0) is 43.2 Å². The smallest absolute Gasteiger partial charge is 0.107 e. The summed E-state index contributed by atoms with van der Waals surface area (Å²) in [6.45, 7) is 2.93. The van der Waals surface area contributed by atoms with E-state index in [4.69, 9.17) is 11.6 Å². The first-order valence-corrected chi connectivity index (χ1v) is 6.93. The summed E-state index contributed by atoms with van der Waals surface area (Å²) in [6.07, 6.45) is 4.14. The van der Waals surface area contributed by atoms with Crippen LogP contribution in [0, 0.1) is 17.2 Å². The number of nitrogens with zero attached hydrogens (tertiary/aromatic N) is 1. The summed E-state index contributed by atoms with van der Waals surface area (Å²) in [4.78, 5) is 0. The normalized spacial score (nSPS) is 27.7. The van der Waals surface area contributed by atoms with E-state index in [1.807, 2.05) is 24.3 Å². The number of halogens is 1. The Morgan fingerprint density at radius 2 is 2.06 bits per heavy atom. The molecule has 2 nitrogen and oxygen atoms in total. The van der Waals surface area contributed by atoms with Crippen LogP contribution in [0.3, 0.4) is 0 Å². The minimum absolute atomic E-state index is 0.355. The predicted molar refractivity (Wildman–Crippen MR) is 74.3 cm³/mol. The van der Waals surface area contributed by atoms with Gasteiger partial charge in [0.25, 0.3) is 0 Å².